The van der Waals surface area contributed by atoms with E-state index in [0.29, 0.717) is 5.70 Å². The molecule has 0 spiro atoms. The van der Waals surface area contributed by atoms with Crippen LogP contribution in [0.5, 0.6) is 0 Å². The van der Waals surface area contributed by atoms with Gasteiger partial charge in [0.1, 0.15) is 0 Å². The fourth-order valence-electron chi connectivity index (χ4n) is 2.65. The predicted octanol–water partition coefficient (Wildman–Crippen LogP) is 7.80. The maximum absolute atomic E-state index is 13.8. The van der Waals surface area contributed by atoms with Crippen molar-refractivity contribution in [2.45, 2.75) is 96.6 Å². The molecule has 1 amide bonds. The molecule has 0 aliphatic heterocycles. The van der Waals surface area contributed by atoms with E-state index in [9.17, 15) is 18.7 Å². The maximum Gasteiger partial charge on any atom is 0.240 e. The monoisotopic (exact) mass is 483 g/mol. The summed E-state index contributed by atoms with van der Waals surface area (Å²) in [6.45, 7) is 17.1. The standard InChI is InChI=1S/C19H25F2NO2S.C8H18/c1-12(18(3,4)11-23)10-13(2)22-17(24)19(5,6)25-15-9-7-8-14(20)16(15)21;1-3-5-7-8-6-4-2/h7-10,23H,2,11H2,1,3-6H3,(H,22,24);3-8H2,1-2H3/b12-10+;. The van der Waals surface area contributed by atoms with Crippen LogP contribution in [-0.4, -0.2) is 22.4 Å². The number of hydrogen-bond acceptors (Lipinski definition) is 3. The van der Waals surface area contributed by atoms with Gasteiger partial charge in [0.25, 0.3) is 0 Å². The highest BCUT2D eigenvalue weighted by Gasteiger charge is 2.31. The van der Waals surface area contributed by atoms with Crippen molar-refractivity contribution < 1.29 is 18.7 Å². The number of carbonyl (C=O) groups is 1. The van der Waals surface area contributed by atoms with Crippen molar-refractivity contribution in [1.82, 2.24) is 5.32 Å². The van der Waals surface area contributed by atoms with Crippen LogP contribution in [0.4, 0.5) is 8.78 Å². The first kappa shape index (κ1) is 31.3. The van der Waals surface area contributed by atoms with Crippen LogP contribution < -0.4 is 5.32 Å². The molecule has 0 fully saturated rings. The summed E-state index contributed by atoms with van der Waals surface area (Å²) >= 11 is 0.937. The second-order valence-corrected chi connectivity index (χ2v) is 11.1. The Morgan fingerprint density at radius 3 is 2.12 bits per heavy atom. The van der Waals surface area contributed by atoms with E-state index in [-0.39, 0.29) is 17.4 Å². The fraction of sp³-hybridized carbons (Fsp3) is 0.593. The van der Waals surface area contributed by atoms with Gasteiger partial charge in [-0.05, 0) is 39.0 Å². The number of aliphatic hydroxyl groups excluding tert-OH is 1. The highest BCUT2D eigenvalue weighted by atomic mass is 32.2. The summed E-state index contributed by atoms with van der Waals surface area (Å²) in [5.74, 6) is -2.29. The number of unbranched alkanes of at least 4 members (excludes halogenated alkanes) is 5. The van der Waals surface area contributed by atoms with Crippen molar-refractivity contribution >= 4 is 17.7 Å². The Morgan fingerprint density at radius 2 is 1.64 bits per heavy atom. The van der Waals surface area contributed by atoms with Crippen LogP contribution in [-0.2, 0) is 4.79 Å². The summed E-state index contributed by atoms with van der Waals surface area (Å²) in [6.07, 6.45) is 10.2. The van der Waals surface area contributed by atoms with Crippen molar-refractivity contribution in [2.24, 2.45) is 5.41 Å². The van der Waals surface area contributed by atoms with E-state index in [0.717, 1.165) is 23.4 Å². The molecule has 0 bridgehead atoms. The molecule has 0 atom stereocenters. The minimum Gasteiger partial charge on any atom is -0.395 e. The molecular formula is C27H43F2NO2S. The van der Waals surface area contributed by atoms with E-state index >= 15 is 0 Å². The van der Waals surface area contributed by atoms with E-state index in [1.807, 2.05) is 20.8 Å². The van der Waals surface area contributed by atoms with Gasteiger partial charge in [0, 0.05) is 16.0 Å². The van der Waals surface area contributed by atoms with Crippen LogP contribution >= 0.6 is 11.8 Å². The minimum absolute atomic E-state index is 0.0310. The van der Waals surface area contributed by atoms with E-state index in [1.165, 1.54) is 50.7 Å². The van der Waals surface area contributed by atoms with Gasteiger partial charge in [0.2, 0.25) is 5.91 Å². The lowest BCUT2D eigenvalue weighted by atomic mass is 9.85. The first-order chi connectivity index (χ1) is 15.3. The molecule has 2 N–H and O–H groups in total. The number of aliphatic hydroxyl groups is 1. The zero-order chi connectivity index (χ0) is 25.7. The lowest BCUT2D eigenvalue weighted by Gasteiger charge is -2.25. The van der Waals surface area contributed by atoms with Gasteiger partial charge in [-0.2, -0.15) is 0 Å². The highest BCUT2D eigenvalue weighted by molar-refractivity contribution is 8.01. The molecule has 0 heterocycles. The summed E-state index contributed by atoms with van der Waals surface area (Å²) in [6, 6.07) is 3.86. The van der Waals surface area contributed by atoms with Crippen molar-refractivity contribution in [2.75, 3.05) is 6.61 Å². The smallest absolute Gasteiger partial charge is 0.240 e. The summed E-state index contributed by atoms with van der Waals surface area (Å²) in [5, 5.41) is 12.0. The number of carbonyl (C=O) groups excluding carboxylic acids is 1. The Kier molecular flexibility index (Phi) is 14.5. The van der Waals surface area contributed by atoms with E-state index in [4.69, 9.17) is 0 Å². The molecule has 1 aromatic carbocycles. The Bertz CT molecular complexity index is 782. The van der Waals surface area contributed by atoms with E-state index < -0.39 is 21.8 Å². The highest BCUT2D eigenvalue weighted by Crippen LogP contribution is 2.35. The lowest BCUT2D eigenvalue weighted by molar-refractivity contribution is -0.121. The van der Waals surface area contributed by atoms with Crippen molar-refractivity contribution in [3.63, 3.8) is 0 Å². The number of amides is 1. The summed E-state index contributed by atoms with van der Waals surface area (Å²) < 4.78 is 26.1. The van der Waals surface area contributed by atoms with Crippen molar-refractivity contribution in [1.29, 1.82) is 0 Å². The van der Waals surface area contributed by atoms with Gasteiger partial charge in [-0.25, -0.2) is 8.78 Å². The normalized spacial score (nSPS) is 12.1. The quantitative estimate of drug-likeness (QED) is 0.181. The van der Waals surface area contributed by atoms with Gasteiger partial charge in [-0.15, -0.1) is 11.8 Å². The molecular weight excluding hydrogens is 440 g/mol. The first-order valence-electron chi connectivity index (χ1n) is 11.7. The van der Waals surface area contributed by atoms with Crippen LogP contribution in [0.25, 0.3) is 0 Å². The number of nitrogens with one attached hydrogen (secondary N) is 1. The topological polar surface area (TPSA) is 49.3 Å². The molecule has 0 aliphatic carbocycles. The van der Waals surface area contributed by atoms with Gasteiger partial charge in [-0.3, -0.25) is 4.79 Å². The third kappa shape index (κ3) is 11.9. The number of rotatable bonds is 12. The Morgan fingerprint density at radius 1 is 1.09 bits per heavy atom. The van der Waals surface area contributed by atoms with Crippen LogP contribution in [0.1, 0.15) is 87.0 Å². The molecule has 0 saturated heterocycles. The Hall–Kier alpha value is -1.66. The Labute approximate surface area is 204 Å². The molecule has 0 aromatic heterocycles. The Balaban J connectivity index is 0.00000109. The number of hydrogen-bond donors (Lipinski definition) is 2. The summed E-state index contributed by atoms with van der Waals surface area (Å²) in [4.78, 5) is 12.6. The molecule has 3 nitrogen and oxygen atoms in total. The lowest BCUT2D eigenvalue weighted by Crippen LogP contribution is -2.39. The third-order valence-corrected chi connectivity index (χ3v) is 6.64. The molecule has 1 aromatic rings. The second-order valence-electron chi connectivity index (χ2n) is 9.43. The molecule has 6 heteroatoms. The van der Waals surface area contributed by atoms with Crippen LogP contribution in [0.2, 0.25) is 0 Å². The largest absolute Gasteiger partial charge is 0.395 e. The fourth-order valence-corrected chi connectivity index (χ4v) is 3.68. The number of halogens is 2. The van der Waals surface area contributed by atoms with Gasteiger partial charge >= 0.3 is 0 Å². The molecule has 0 radical (unpaired) electrons. The first-order valence-corrected chi connectivity index (χ1v) is 12.6. The van der Waals surface area contributed by atoms with Crippen LogP contribution in [0.3, 0.4) is 0 Å². The van der Waals surface area contributed by atoms with Crippen LogP contribution in [0, 0.1) is 17.0 Å². The second kappa shape index (κ2) is 15.3. The third-order valence-electron chi connectivity index (χ3n) is 5.41. The van der Waals surface area contributed by atoms with E-state index in [2.05, 4.69) is 25.7 Å². The molecule has 1 rings (SSSR count). The van der Waals surface area contributed by atoms with Crippen molar-refractivity contribution in [3.05, 3.63) is 53.8 Å². The molecule has 0 saturated carbocycles. The molecule has 33 heavy (non-hydrogen) atoms. The molecule has 0 aliphatic rings. The zero-order valence-electron chi connectivity index (χ0n) is 21.5. The van der Waals surface area contributed by atoms with Gasteiger partial charge in [0.15, 0.2) is 11.6 Å². The SMILES string of the molecule is C=C(/C=C(\C)C(C)(C)CO)NC(=O)C(C)(C)Sc1cccc(F)c1F.CCCCCCCC. The number of benzene rings is 1. The minimum atomic E-state index is -1.04. The maximum atomic E-state index is 13.8. The van der Waals surface area contributed by atoms with Gasteiger partial charge < -0.3 is 10.4 Å². The predicted molar refractivity (Wildman–Crippen MR) is 137 cm³/mol. The average molecular weight is 484 g/mol. The van der Waals surface area contributed by atoms with Crippen LogP contribution in [0.15, 0.2) is 47.0 Å². The van der Waals surface area contributed by atoms with Gasteiger partial charge in [0.05, 0.1) is 11.4 Å². The van der Waals surface area contributed by atoms with Crippen molar-refractivity contribution in [3.8, 4) is 0 Å². The average Bonchev–Trinajstić information content (AvgIpc) is 2.74. The number of allylic oxidation sites excluding steroid dienone is 1. The van der Waals surface area contributed by atoms with E-state index in [1.54, 1.807) is 19.9 Å². The zero-order valence-corrected chi connectivity index (χ0v) is 22.3. The number of thioether (sulfide) groups is 1. The molecule has 188 valence electrons. The van der Waals surface area contributed by atoms with Gasteiger partial charge in [-0.1, -0.05) is 84.4 Å². The molecule has 0 unspecified atom stereocenters. The summed E-state index contributed by atoms with van der Waals surface area (Å²) in [7, 11) is 0. The summed E-state index contributed by atoms with van der Waals surface area (Å²) in [5.41, 5.74) is 0.808.